The first kappa shape index (κ1) is 15.4. The molecule has 0 saturated heterocycles. The fourth-order valence-corrected chi connectivity index (χ4v) is 3.46. The molecule has 0 spiro atoms. The molecule has 3 rings (SSSR count). The van der Waals surface area contributed by atoms with E-state index >= 15 is 0 Å². The lowest BCUT2D eigenvalue weighted by Gasteiger charge is -2.38. The molecule has 1 saturated carbocycles. The average molecular weight is 284 g/mol. The van der Waals surface area contributed by atoms with Crippen molar-refractivity contribution in [1.29, 1.82) is 0 Å². The zero-order chi connectivity index (χ0) is 14.0. The summed E-state index contributed by atoms with van der Waals surface area (Å²) in [5, 5.41) is 19.0. The molecular formula is C19H24O2. The number of benzene rings is 2. The Bertz CT molecular complexity index is 516. The van der Waals surface area contributed by atoms with Gasteiger partial charge in [-0.2, -0.15) is 0 Å². The normalized spacial score (nSPS) is 17.0. The first-order chi connectivity index (χ1) is 9.71. The molecule has 21 heavy (non-hydrogen) atoms. The molecule has 0 amide bonds. The Morgan fingerprint density at radius 1 is 0.619 bits per heavy atom. The molecule has 0 aromatic heterocycles. The second-order valence-corrected chi connectivity index (χ2v) is 5.74. The molecule has 1 fully saturated rings. The van der Waals surface area contributed by atoms with E-state index in [0.717, 1.165) is 12.8 Å². The van der Waals surface area contributed by atoms with Crippen LogP contribution in [0.1, 0.15) is 50.7 Å². The van der Waals surface area contributed by atoms with E-state index in [4.69, 9.17) is 0 Å². The average Bonchev–Trinajstić information content (AvgIpc) is 2.49. The van der Waals surface area contributed by atoms with Crippen molar-refractivity contribution >= 4 is 0 Å². The highest BCUT2D eigenvalue weighted by Gasteiger charge is 2.35. The summed E-state index contributed by atoms with van der Waals surface area (Å²) in [6, 6.07) is 15.2. The van der Waals surface area contributed by atoms with Crippen LogP contribution >= 0.6 is 0 Å². The van der Waals surface area contributed by atoms with Crippen LogP contribution in [0, 0.1) is 0 Å². The second kappa shape index (κ2) is 6.21. The smallest absolute Gasteiger partial charge is 0.115 e. The molecule has 2 heteroatoms. The van der Waals surface area contributed by atoms with Crippen molar-refractivity contribution in [2.45, 2.75) is 44.9 Å². The lowest BCUT2D eigenvalue weighted by molar-refractivity contribution is 0.345. The maximum atomic E-state index is 9.51. The van der Waals surface area contributed by atoms with Crippen molar-refractivity contribution in [3.05, 3.63) is 59.7 Å². The van der Waals surface area contributed by atoms with Crippen LogP contribution in [0.5, 0.6) is 11.5 Å². The highest BCUT2D eigenvalue weighted by molar-refractivity contribution is 5.43. The third kappa shape index (κ3) is 2.90. The summed E-state index contributed by atoms with van der Waals surface area (Å²) in [4.78, 5) is 0. The molecule has 0 bridgehead atoms. The van der Waals surface area contributed by atoms with Crippen LogP contribution in [0.15, 0.2) is 48.5 Å². The van der Waals surface area contributed by atoms with E-state index in [-0.39, 0.29) is 12.8 Å². The van der Waals surface area contributed by atoms with E-state index < -0.39 is 0 Å². The van der Waals surface area contributed by atoms with Crippen LogP contribution in [0.2, 0.25) is 0 Å². The van der Waals surface area contributed by atoms with Crippen LogP contribution in [0.4, 0.5) is 0 Å². The summed E-state index contributed by atoms with van der Waals surface area (Å²) in [6.45, 7) is 0. The van der Waals surface area contributed by atoms with Crippen molar-refractivity contribution in [3.8, 4) is 11.5 Å². The van der Waals surface area contributed by atoms with Gasteiger partial charge in [-0.3, -0.25) is 0 Å². The Morgan fingerprint density at radius 2 is 1.00 bits per heavy atom. The molecule has 2 nitrogen and oxygen atoms in total. The molecular weight excluding hydrogens is 260 g/mol. The maximum absolute atomic E-state index is 9.51. The number of aromatic hydroxyl groups is 2. The van der Waals surface area contributed by atoms with Crippen LogP contribution in [-0.2, 0) is 5.41 Å². The van der Waals surface area contributed by atoms with Gasteiger partial charge in [0.05, 0.1) is 0 Å². The van der Waals surface area contributed by atoms with Gasteiger partial charge in [0.2, 0.25) is 0 Å². The number of phenolic OH excluding ortho intramolecular Hbond substituents is 2. The van der Waals surface area contributed by atoms with Crippen molar-refractivity contribution in [2.24, 2.45) is 0 Å². The zero-order valence-corrected chi connectivity index (χ0v) is 11.5. The first-order valence-electron chi connectivity index (χ1n) is 7.30. The van der Waals surface area contributed by atoms with E-state index in [1.807, 2.05) is 24.3 Å². The van der Waals surface area contributed by atoms with E-state index in [1.54, 1.807) is 24.3 Å². The summed E-state index contributed by atoms with van der Waals surface area (Å²) in [5.41, 5.74) is 2.56. The van der Waals surface area contributed by atoms with Crippen LogP contribution in [-0.4, -0.2) is 10.2 Å². The van der Waals surface area contributed by atoms with E-state index in [9.17, 15) is 10.2 Å². The van der Waals surface area contributed by atoms with Gasteiger partial charge >= 0.3 is 0 Å². The third-order valence-corrected chi connectivity index (χ3v) is 4.55. The molecule has 0 aliphatic heterocycles. The van der Waals surface area contributed by atoms with E-state index in [0.29, 0.717) is 11.5 Å². The minimum absolute atomic E-state index is 0. The number of hydrogen-bond donors (Lipinski definition) is 2. The van der Waals surface area contributed by atoms with Crippen molar-refractivity contribution in [3.63, 3.8) is 0 Å². The highest BCUT2D eigenvalue weighted by atomic mass is 16.3. The summed E-state index contributed by atoms with van der Waals surface area (Å²) >= 11 is 0. The lowest BCUT2D eigenvalue weighted by Crippen LogP contribution is -2.30. The van der Waals surface area contributed by atoms with Gasteiger partial charge in [0.1, 0.15) is 11.5 Å². The molecule has 0 unspecified atom stereocenters. The van der Waals surface area contributed by atoms with Crippen molar-refractivity contribution in [2.75, 3.05) is 0 Å². The van der Waals surface area contributed by atoms with Crippen LogP contribution in [0.25, 0.3) is 0 Å². The quantitative estimate of drug-likeness (QED) is 0.816. The van der Waals surface area contributed by atoms with Gasteiger partial charge in [-0.25, -0.2) is 0 Å². The van der Waals surface area contributed by atoms with Crippen LogP contribution < -0.4 is 0 Å². The fourth-order valence-electron chi connectivity index (χ4n) is 3.46. The first-order valence-corrected chi connectivity index (χ1v) is 7.30. The van der Waals surface area contributed by atoms with Crippen molar-refractivity contribution in [1.82, 2.24) is 0 Å². The molecule has 2 aromatic rings. The molecule has 1 aliphatic carbocycles. The van der Waals surface area contributed by atoms with Crippen LogP contribution in [0.3, 0.4) is 0 Å². The lowest BCUT2D eigenvalue weighted by atomic mass is 9.65. The minimum atomic E-state index is 0. The Morgan fingerprint density at radius 3 is 1.38 bits per heavy atom. The molecule has 0 heterocycles. The summed E-state index contributed by atoms with van der Waals surface area (Å²) < 4.78 is 0. The Kier molecular flexibility index (Phi) is 4.56. The monoisotopic (exact) mass is 284 g/mol. The Labute approximate surface area is 127 Å². The van der Waals surface area contributed by atoms with Gasteiger partial charge < -0.3 is 10.2 Å². The largest absolute Gasteiger partial charge is 0.508 e. The van der Waals surface area contributed by atoms with Gasteiger partial charge in [0.15, 0.2) is 0 Å². The molecule has 2 N–H and O–H groups in total. The van der Waals surface area contributed by atoms with Gasteiger partial charge in [-0.1, -0.05) is 51.0 Å². The van der Waals surface area contributed by atoms with E-state index in [2.05, 4.69) is 0 Å². The molecule has 0 radical (unpaired) electrons. The molecule has 1 aliphatic rings. The second-order valence-electron chi connectivity index (χ2n) is 5.74. The van der Waals surface area contributed by atoms with Gasteiger partial charge in [-0.05, 0) is 48.2 Å². The highest BCUT2D eigenvalue weighted by Crippen LogP contribution is 2.45. The molecule has 112 valence electrons. The number of rotatable bonds is 2. The molecule has 2 aromatic carbocycles. The molecule has 0 atom stereocenters. The predicted octanol–water partition coefficient (Wildman–Crippen LogP) is 4.98. The van der Waals surface area contributed by atoms with Crippen molar-refractivity contribution < 1.29 is 10.2 Å². The fraction of sp³-hybridized carbons (Fsp3) is 0.368. The number of phenols is 2. The topological polar surface area (TPSA) is 40.5 Å². The number of hydrogen-bond acceptors (Lipinski definition) is 2. The Balaban J connectivity index is 0.00000161. The summed E-state index contributed by atoms with van der Waals surface area (Å²) in [6.07, 6.45) is 5.99. The summed E-state index contributed by atoms with van der Waals surface area (Å²) in [5.74, 6) is 0.621. The van der Waals surface area contributed by atoms with Gasteiger partial charge in [-0.15, -0.1) is 0 Å². The maximum Gasteiger partial charge on any atom is 0.115 e. The van der Waals surface area contributed by atoms with E-state index in [1.165, 1.54) is 30.4 Å². The third-order valence-electron chi connectivity index (χ3n) is 4.55. The SMILES string of the molecule is C.Oc1ccc(C2(c3ccc(O)cc3)CCCCC2)cc1. The summed E-state index contributed by atoms with van der Waals surface area (Å²) in [7, 11) is 0. The van der Waals surface area contributed by atoms with Gasteiger partial charge in [0.25, 0.3) is 0 Å². The minimum Gasteiger partial charge on any atom is -0.508 e. The standard InChI is InChI=1S/C18H20O2.CH4/c19-16-8-4-14(5-9-16)18(12-2-1-3-13-18)15-6-10-17(20)11-7-15;/h4-11,19-20H,1-3,12-13H2;1H4. The predicted molar refractivity (Wildman–Crippen MR) is 86.8 cm³/mol. The Hall–Kier alpha value is -1.96. The zero-order valence-electron chi connectivity index (χ0n) is 11.5. The van der Waals surface area contributed by atoms with Gasteiger partial charge in [0, 0.05) is 5.41 Å².